The number of thiazole rings is 1. The summed E-state index contributed by atoms with van der Waals surface area (Å²) in [5.74, 6) is 2.06. The average molecular weight is 395 g/mol. The Morgan fingerprint density at radius 1 is 1.31 bits per heavy atom. The van der Waals surface area contributed by atoms with E-state index in [1.54, 1.807) is 18.4 Å². The zero-order valence-corrected chi connectivity index (χ0v) is 16.5. The summed E-state index contributed by atoms with van der Waals surface area (Å²) in [5.41, 5.74) is 1.01. The molecule has 2 heterocycles. The van der Waals surface area contributed by atoms with Crippen LogP contribution in [-0.2, 0) is 19.4 Å². The fourth-order valence-corrected chi connectivity index (χ4v) is 3.74. The van der Waals surface area contributed by atoms with Gasteiger partial charge in [0.1, 0.15) is 13.2 Å². The summed E-state index contributed by atoms with van der Waals surface area (Å²) in [6.45, 7) is 4.58. The normalized spacial score (nSPS) is 13.6. The maximum Gasteiger partial charge on any atom is 0.191 e. The van der Waals surface area contributed by atoms with Gasteiger partial charge < -0.3 is 20.1 Å². The molecule has 0 unspecified atom stereocenters. The van der Waals surface area contributed by atoms with Crippen molar-refractivity contribution in [2.75, 3.05) is 26.8 Å². The first-order chi connectivity index (χ1) is 12.7. The van der Waals surface area contributed by atoms with Gasteiger partial charge >= 0.3 is 0 Å². The second-order valence-electron chi connectivity index (χ2n) is 5.78. The van der Waals surface area contributed by atoms with E-state index in [0.29, 0.717) is 36.3 Å². The fourth-order valence-electron chi connectivity index (χ4n) is 2.59. The summed E-state index contributed by atoms with van der Waals surface area (Å²) in [6, 6.07) is 3.83. The highest BCUT2D eigenvalue weighted by Crippen LogP contribution is 2.38. The molecule has 0 radical (unpaired) electrons. The lowest BCUT2D eigenvalue weighted by molar-refractivity contribution is 0.171. The van der Waals surface area contributed by atoms with Crippen molar-refractivity contribution in [3.8, 4) is 11.5 Å². The first kappa shape index (κ1) is 18.8. The number of aromatic nitrogens is 1. The number of hydrogen-bond donors (Lipinski definition) is 2. The lowest BCUT2D eigenvalue weighted by atomic mass is 10.2. The van der Waals surface area contributed by atoms with Crippen molar-refractivity contribution < 1.29 is 9.47 Å². The van der Waals surface area contributed by atoms with E-state index in [0.717, 1.165) is 35.9 Å². The maximum atomic E-state index is 6.28. The molecule has 1 aromatic carbocycles. The molecule has 0 bridgehead atoms. The second kappa shape index (κ2) is 9.09. The van der Waals surface area contributed by atoms with Crippen molar-refractivity contribution in [1.82, 2.24) is 15.6 Å². The number of hydrogen-bond acceptors (Lipinski definition) is 5. The van der Waals surface area contributed by atoms with Crippen LogP contribution >= 0.6 is 22.9 Å². The Bertz CT molecular complexity index is 779. The van der Waals surface area contributed by atoms with E-state index in [9.17, 15) is 0 Å². The summed E-state index contributed by atoms with van der Waals surface area (Å²) in [5, 5.41) is 8.31. The van der Waals surface area contributed by atoms with Crippen LogP contribution in [0.15, 0.2) is 23.3 Å². The highest BCUT2D eigenvalue weighted by Gasteiger charge is 2.16. The van der Waals surface area contributed by atoms with Crippen LogP contribution in [0.3, 0.4) is 0 Å². The number of nitrogens with zero attached hydrogens (tertiary/aromatic N) is 2. The summed E-state index contributed by atoms with van der Waals surface area (Å²) in [7, 11) is 1.75. The van der Waals surface area contributed by atoms with Crippen molar-refractivity contribution in [3.63, 3.8) is 0 Å². The van der Waals surface area contributed by atoms with Crippen LogP contribution in [0.4, 0.5) is 0 Å². The SMILES string of the molecule is CCc1cnc(CCNC(=NC)NCc2cc(Cl)c3c(c2)OCCO3)s1. The van der Waals surface area contributed by atoms with Crippen molar-refractivity contribution in [1.29, 1.82) is 0 Å². The Morgan fingerprint density at radius 2 is 2.15 bits per heavy atom. The molecule has 3 rings (SSSR count). The fraction of sp³-hybridized carbons (Fsp3) is 0.444. The predicted octanol–water partition coefficient (Wildman–Crippen LogP) is 3.04. The van der Waals surface area contributed by atoms with Crippen LogP contribution in [-0.4, -0.2) is 37.7 Å². The topological polar surface area (TPSA) is 67.8 Å². The first-order valence-electron chi connectivity index (χ1n) is 8.65. The molecule has 0 amide bonds. The van der Waals surface area contributed by atoms with Gasteiger partial charge in [0.15, 0.2) is 17.5 Å². The average Bonchev–Trinajstić information content (AvgIpc) is 3.12. The van der Waals surface area contributed by atoms with Gasteiger partial charge in [0.25, 0.3) is 0 Å². The van der Waals surface area contributed by atoms with E-state index >= 15 is 0 Å². The Hall–Kier alpha value is -1.99. The van der Waals surface area contributed by atoms with Crippen molar-refractivity contribution >= 4 is 28.9 Å². The molecule has 1 aliphatic heterocycles. The first-order valence-corrected chi connectivity index (χ1v) is 9.85. The van der Waals surface area contributed by atoms with Crippen LogP contribution in [0.25, 0.3) is 0 Å². The quantitative estimate of drug-likeness (QED) is 0.582. The Labute approximate surface area is 162 Å². The third-order valence-electron chi connectivity index (χ3n) is 3.92. The summed E-state index contributed by atoms with van der Waals surface area (Å²) >= 11 is 8.04. The maximum absolute atomic E-state index is 6.28. The molecule has 0 atom stereocenters. The Morgan fingerprint density at radius 3 is 2.92 bits per heavy atom. The molecular formula is C18H23ClN4O2S. The van der Waals surface area contributed by atoms with E-state index < -0.39 is 0 Å². The molecule has 0 aliphatic carbocycles. The minimum absolute atomic E-state index is 0.528. The Kier molecular flexibility index (Phi) is 6.57. The number of ether oxygens (including phenoxy) is 2. The van der Waals surface area contributed by atoms with Gasteiger partial charge in [-0.3, -0.25) is 4.99 Å². The number of benzene rings is 1. The number of aliphatic imine (C=N–C) groups is 1. The monoisotopic (exact) mass is 394 g/mol. The van der Waals surface area contributed by atoms with Gasteiger partial charge in [-0.1, -0.05) is 18.5 Å². The summed E-state index contributed by atoms with van der Waals surface area (Å²) in [6.07, 6.45) is 3.87. The molecule has 2 aromatic rings. The third kappa shape index (κ3) is 4.80. The molecule has 0 fully saturated rings. The van der Waals surface area contributed by atoms with Gasteiger partial charge in [0, 0.05) is 37.6 Å². The standard InChI is InChI=1S/C18H23ClN4O2S/c1-3-13-11-22-16(26-13)4-5-21-18(20-2)23-10-12-8-14(19)17-15(9-12)24-6-7-25-17/h8-9,11H,3-7,10H2,1-2H3,(H2,20,21,23). The molecular weight excluding hydrogens is 372 g/mol. The van der Waals surface area contributed by atoms with Crippen LogP contribution in [0, 0.1) is 0 Å². The number of rotatable bonds is 6. The molecule has 2 N–H and O–H groups in total. The summed E-state index contributed by atoms with van der Waals surface area (Å²) in [4.78, 5) is 10.0. The van der Waals surface area contributed by atoms with E-state index in [1.165, 1.54) is 4.88 Å². The molecule has 26 heavy (non-hydrogen) atoms. The number of guanidine groups is 1. The van der Waals surface area contributed by atoms with E-state index in [1.807, 2.05) is 18.3 Å². The van der Waals surface area contributed by atoms with E-state index in [-0.39, 0.29) is 0 Å². The molecule has 6 nitrogen and oxygen atoms in total. The lowest BCUT2D eigenvalue weighted by Gasteiger charge is -2.20. The molecule has 1 aliphatic rings. The highest BCUT2D eigenvalue weighted by atomic mass is 35.5. The number of fused-ring (bicyclic) bond motifs is 1. The van der Waals surface area contributed by atoms with Gasteiger partial charge in [-0.2, -0.15) is 0 Å². The van der Waals surface area contributed by atoms with E-state index in [4.69, 9.17) is 21.1 Å². The largest absolute Gasteiger partial charge is 0.486 e. The minimum Gasteiger partial charge on any atom is -0.486 e. The number of nitrogens with one attached hydrogen (secondary N) is 2. The van der Waals surface area contributed by atoms with Crippen LogP contribution in [0.5, 0.6) is 11.5 Å². The van der Waals surface area contributed by atoms with Gasteiger partial charge in [0.2, 0.25) is 0 Å². The number of aryl methyl sites for hydroxylation is 1. The van der Waals surface area contributed by atoms with Crippen molar-refractivity contribution in [2.24, 2.45) is 4.99 Å². The number of halogens is 1. The van der Waals surface area contributed by atoms with Crippen molar-refractivity contribution in [2.45, 2.75) is 26.3 Å². The van der Waals surface area contributed by atoms with Crippen molar-refractivity contribution in [3.05, 3.63) is 38.8 Å². The second-order valence-corrected chi connectivity index (χ2v) is 7.39. The zero-order valence-electron chi connectivity index (χ0n) is 15.0. The van der Waals surface area contributed by atoms with Crippen LogP contribution in [0.1, 0.15) is 22.4 Å². The molecule has 0 saturated carbocycles. The van der Waals surface area contributed by atoms with Crippen LogP contribution < -0.4 is 20.1 Å². The smallest absolute Gasteiger partial charge is 0.191 e. The minimum atomic E-state index is 0.528. The zero-order chi connectivity index (χ0) is 18.4. The summed E-state index contributed by atoms with van der Waals surface area (Å²) < 4.78 is 11.2. The van der Waals surface area contributed by atoms with Crippen LogP contribution in [0.2, 0.25) is 5.02 Å². The molecule has 0 spiro atoms. The Balaban J connectivity index is 1.50. The van der Waals surface area contributed by atoms with Gasteiger partial charge in [-0.05, 0) is 24.1 Å². The molecule has 8 heteroatoms. The van der Waals surface area contributed by atoms with Gasteiger partial charge in [-0.15, -0.1) is 11.3 Å². The lowest BCUT2D eigenvalue weighted by Crippen LogP contribution is -2.37. The third-order valence-corrected chi connectivity index (χ3v) is 5.40. The molecule has 0 saturated heterocycles. The highest BCUT2D eigenvalue weighted by molar-refractivity contribution is 7.11. The molecule has 1 aromatic heterocycles. The van der Waals surface area contributed by atoms with Gasteiger partial charge in [-0.25, -0.2) is 4.98 Å². The van der Waals surface area contributed by atoms with E-state index in [2.05, 4.69) is 27.5 Å². The van der Waals surface area contributed by atoms with Gasteiger partial charge in [0.05, 0.1) is 10.0 Å². The predicted molar refractivity (Wildman–Crippen MR) is 106 cm³/mol. The molecule has 140 valence electrons.